The lowest BCUT2D eigenvalue weighted by Crippen LogP contribution is -2.20. The van der Waals surface area contributed by atoms with Crippen LogP contribution in [0.25, 0.3) is 5.82 Å². The van der Waals surface area contributed by atoms with Crippen molar-refractivity contribution in [1.29, 1.82) is 0 Å². The largest absolute Gasteiger partial charge is 0.469 e. The maximum Gasteiger partial charge on any atom is 0.167 e. The maximum absolute atomic E-state index is 12.5. The van der Waals surface area contributed by atoms with Crippen molar-refractivity contribution in [2.75, 3.05) is 0 Å². The van der Waals surface area contributed by atoms with Gasteiger partial charge < -0.3 is 4.42 Å². The van der Waals surface area contributed by atoms with Gasteiger partial charge in [0.15, 0.2) is 11.6 Å². The summed E-state index contributed by atoms with van der Waals surface area (Å²) >= 11 is 0. The van der Waals surface area contributed by atoms with Gasteiger partial charge >= 0.3 is 0 Å². The van der Waals surface area contributed by atoms with Crippen molar-refractivity contribution in [2.45, 2.75) is 25.7 Å². The summed E-state index contributed by atoms with van der Waals surface area (Å²) < 4.78 is 7.28. The Balaban J connectivity index is 1.83. The quantitative estimate of drug-likeness (QED) is 0.728. The molecule has 0 saturated carbocycles. The molecule has 1 aliphatic carbocycles. The van der Waals surface area contributed by atoms with E-state index in [0.717, 1.165) is 35.0 Å². The zero-order chi connectivity index (χ0) is 15.1. The van der Waals surface area contributed by atoms with E-state index in [2.05, 4.69) is 10.1 Å². The number of pyridine rings is 1. The van der Waals surface area contributed by atoms with E-state index >= 15 is 0 Å². The fourth-order valence-corrected chi connectivity index (χ4v) is 3.15. The van der Waals surface area contributed by atoms with Crippen LogP contribution in [0.15, 0.2) is 47.2 Å². The van der Waals surface area contributed by atoms with Crippen molar-refractivity contribution < 1.29 is 9.21 Å². The summed E-state index contributed by atoms with van der Waals surface area (Å²) in [6.45, 7) is 1.88. The number of furan rings is 1. The van der Waals surface area contributed by atoms with Gasteiger partial charge in [-0.25, -0.2) is 9.67 Å². The third-order valence-corrected chi connectivity index (χ3v) is 4.12. The number of aromatic nitrogens is 3. The highest BCUT2D eigenvalue weighted by Gasteiger charge is 2.33. The fraction of sp³-hybridized carbons (Fsp3) is 0.235. The summed E-state index contributed by atoms with van der Waals surface area (Å²) in [6, 6.07) is 9.46. The molecule has 0 aliphatic heterocycles. The molecule has 0 aromatic carbocycles. The van der Waals surface area contributed by atoms with Crippen molar-refractivity contribution in [3.05, 3.63) is 65.5 Å². The fourth-order valence-electron chi connectivity index (χ4n) is 3.15. The van der Waals surface area contributed by atoms with Crippen LogP contribution < -0.4 is 0 Å². The lowest BCUT2D eigenvalue weighted by molar-refractivity contribution is 0.0959. The van der Waals surface area contributed by atoms with E-state index in [4.69, 9.17) is 4.42 Å². The van der Waals surface area contributed by atoms with Gasteiger partial charge in [-0.2, -0.15) is 5.10 Å². The Morgan fingerprint density at radius 1 is 1.23 bits per heavy atom. The smallest absolute Gasteiger partial charge is 0.167 e. The highest BCUT2D eigenvalue weighted by molar-refractivity contribution is 6.00. The normalized spacial score (nSPS) is 17.5. The molecular formula is C17H15N3O2. The van der Waals surface area contributed by atoms with Crippen molar-refractivity contribution in [1.82, 2.24) is 14.8 Å². The van der Waals surface area contributed by atoms with Crippen molar-refractivity contribution >= 4 is 5.78 Å². The minimum absolute atomic E-state index is 0.0635. The SMILES string of the molecule is Cc1nn(-c2ccccn2)c2c1C(=O)C[C@H](c1ccco1)C2. The number of ketones is 1. The van der Waals surface area contributed by atoms with Gasteiger partial charge in [0, 0.05) is 25.0 Å². The Kier molecular flexibility index (Phi) is 2.92. The van der Waals surface area contributed by atoms with Gasteiger partial charge in [0.1, 0.15) is 5.76 Å². The van der Waals surface area contributed by atoms with Gasteiger partial charge in [0.2, 0.25) is 0 Å². The van der Waals surface area contributed by atoms with E-state index in [1.165, 1.54) is 0 Å². The third kappa shape index (κ3) is 1.97. The van der Waals surface area contributed by atoms with Gasteiger partial charge in [-0.1, -0.05) is 6.07 Å². The van der Waals surface area contributed by atoms with Gasteiger partial charge in [0.05, 0.1) is 23.2 Å². The van der Waals surface area contributed by atoms with Crippen molar-refractivity contribution in [3.8, 4) is 5.82 Å². The molecule has 3 aromatic rings. The molecule has 1 aliphatic rings. The number of rotatable bonds is 2. The van der Waals surface area contributed by atoms with Crippen LogP contribution in [0.4, 0.5) is 0 Å². The Hall–Kier alpha value is -2.69. The second-order valence-corrected chi connectivity index (χ2v) is 5.55. The van der Waals surface area contributed by atoms with Crippen LogP contribution in [-0.4, -0.2) is 20.5 Å². The first-order chi connectivity index (χ1) is 10.7. The van der Waals surface area contributed by atoms with Gasteiger partial charge in [0.25, 0.3) is 0 Å². The molecule has 5 heteroatoms. The molecule has 0 saturated heterocycles. The van der Waals surface area contributed by atoms with Gasteiger partial charge in [-0.05, 0) is 31.2 Å². The molecule has 4 rings (SSSR count). The van der Waals surface area contributed by atoms with Gasteiger partial charge in [-0.15, -0.1) is 0 Å². The Bertz CT molecular complexity index is 819. The summed E-state index contributed by atoms with van der Waals surface area (Å²) in [6.07, 6.45) is 4.57. The number of fused-ring (bicyclic) bond motifs is 1. The molecule has 3 aromatic heterocycles. The summed E-state index contributed by atoms with van der Waals surface area (Å²) in [5, 5.41) is 4.53. The van der Waals surface area contributed by atoms with Crippen molar-refractivity contribution in [2.24, 2.45) is 0 Å². The Labute approximate surface area is 127 Å². The molecule has 3 heterocycles. The Morgan fingerprint density at radius 2 is 2.14 bits per heavy atom. The Morgan fingerprint density at radius 3 is 2.86 bits per heavy atom. The zero-order valence-electron chi connectivity index (χ0n) is 12.2. The number of hydrogen-bond acceptors (Lipinski definition) is 4. The molecule has 0 amide bonds. The monoisotopic (exact) mass is 293 g/mol. The maximum atomic E-state index is 12.5. The van der Waals surface area contributed by atoms with E-state index in [0.29, 0.717) is 6.42 Å². The summed E-state index contributed by atoms with van der Waals surface area (Å²) in [4.78, 5) is 16.9. The molecule has 1 atom stereocenters. The topological polar surface area (TPSA) is 60.9 Å². The summed E-state index contributed by atoms with van der Waals surface area (Å²) in [5.74, 6) is 1.78. The highest BCUT2D eigenvalue weighted by Crippen LogP contribution is 2.35. The van der Waals surface area contributed by atoms with Crippen LogP contribution in [0.3, 0.4) is 0 Å². The predicted octanol–water partition coefficient (Wildman–Crippen LogP) is 3.08. The second-order valence-electron chi connectivity index (χ2n) is 5.55. The van der Waals surface area contributed by atoms with Crippen LogP contribution in [0.1, 0.15) is 39.8 Å². The van der Waals surface area contributed by atoms with Gasteiger partial charge in [-0.3, -0.25) is 4.79 Å². The zero-order valence-corrected chi connectivity index (χ0v) is 12.2. The molecule has 0 N–H and O–H groups in total. The number of Topliss-reactive ketones (excluding diaryl/α,β-unsaturated/α-hetero) is 1. The number of aryl methyl sites for hydroxylation is 1. The van der Waals surface area contributed by atoms with Crippen LogP contribution >= 0.6 is 0 Å². The molecule has 22 heavy (non-hydrogen) atoms. The molecule has 0 spiro atoms. The second kappa shape index (κ2) is 4.94. The molecule has 5 nitrogen and oxygen atoms in total. The number of nitrogens with zero attached hydrogens (tertiary/aromatic N) is 3. The average molecular weight is 293 g/mol. The van der Waals surface area contributed by atoms with Crippen LogP contribution in [0.5, 0.6) is 0 Å². The summed E-state index contributed by atoms with van der Waals surface area (Å²) in [5.41, 5.74) is 2.44. The summed E-state index contributed by atoms with van der Waals surface area (Å²) in [7, 11) is 0. The first-order valence-electron chi connectivity index (χ1n) is 7.30. The molecular weight excluding hydrogens is 278 g/mol. The number of carbonyl (C=O) groups excluding carboxylic acids is 1. The van der Waals surface area contributed by atoms with Crippen LogP contribution in [-0.2, 0) is 6.42 Å². The predicted molar refractivity (Wildman–Crippen MR) is 80.2 cm³/mol. The molecule has 0 unspecified atom stereocenters. The number of carbonyl (C=O) groups is 1. The van der Waals surface area contributed by atoms with E-state index < -0.39 is 0 Å². The van der Waals surface area contributed by atoms with Crippen LogP contribution in [0, 0.1) is 6.92 Å². The van der Waals surface area contributed by atoms with Crippen LogP contribution in [0.2, 0.25) is 0 Å². The third-order valence-electron chi connectivity index (χ3n) is 4.12. The first-order valence-corrected chi connectivity index (χ1v) is 7.30. The van der Waals surface area contributed by atoms with E-state index in [1.807, 2.05) is 37.3 Å². The minimum atomic E-state index is 0.0635. The first kappa shape index (κ1) is 13.0. The van der Waals surface area contributed by atoms with E-state index in [9.17, 15) is 4.79 Å². The molecule has 0 fully saturated rings. The molecule has 0 radical (unpaired) electrons. The lowest BCUT2D eigenvalue weighted by atomic mass is 9.84. The highest BCUT2D eigenvalue weighted by atomic mass is 16.3. The van der Waals surface area contributed by atoms with E-state index in [-0.39, 0.29) is 11.7 Å². The van der Waals surface area contributed by atoms with E-state index in [1.54, 1.807) is 17.1 Å². The molecule has 110 valence electrons. The minimum Gasteiger partial charge on any atom is -0.469 e. The molecule has 0 bridgehead atoms. The average Bonchev–Trinajstić information content (AvgIpc) is 3.16. The standard InChI is InChI=1S/C17H15N3O2/c1-11-17-13(20(19-11)16-6-2-3-7-18-16)9-12(10-14(17)21)15-5-4-8-22-15/h2-8,12H,9-10H2,1H3/t12-/m1/s1. The lowest BCUT2D eigenvalue weighted by Gasteiger charge is -2.20. The number of hydrogen-bond donors (Lipinski definition) is 0. The van der Waals surface area contributed by atoms with Crippen molar-refractivity contribution in [3.63, 3.8) is 0 Å².